The topological polar surface area (TPSA) is 0 Å². The van der Waals surface area contributed by atoms with Crippen molar-refractivity contribution in [1.29, 1.82) is 0 Å². The lowest BCUT2D eigenvalue weighted by Crippen LogP contribution is -1.76. The van der Waals surface area contributed by atoms with Gasteiger partial charge >= 0.3 is 0 Å². The van der Waals surface area contributed by atoms with Crippen LogP contribution in [0.4, 0.5) is 0 Å². The molecule has 0 unspecified atom stereocenters. The fraction of sp³-hybridized carbons (Fsp3) is 0.231. The molecular formula is C13H16. The van der Waals surface area contributed by atoms with Gasteiger partial charge in [0, 0.05) is 0 Å². The Bertz CT molecular complexity index is 302. The predicted octanol–water partition coefficient (Wildman–Crippen LogP) is 3.84. The van der Waals surface area contributed by atoms with Crippen molar-refractivity contribution in [1.82, 2.24) is 0 Å². The minimum absolute atomic E-state index is 1.12. The van der Waals surface area contributed by atoms with Crippen molar-refractivity contribution in [2.24, 2.45) is 0 Å². The molecule has 1 aromatic carbocycles. The fourth-order valence-electron chi connectivity index (χ4n) is 1.20. The molecule has 68 valence electrons. The lowest BCUT2D eigenvalue weighted by Gasteiger charge is -1.93. The standard InChI is InChI=1S/C9H8.C4H8/c1-2-5-9-7-3-6-8(9)4-1;1-3-4-2/h1-6H,7H2;3-4H,1-2H3. The first-order chi connectivity index (χ1) is 6.38. The number of hydrogen-bond acceptors (Lipinski definition) is 0. The molecule has 0 aliphatic heterocycles. The fourth-order valence-corrected chi connectivity index (χ4v) is 1.20. The third-order valence-corrected chi connectivity index (χ3v) is 2.02. The number of hydrogen-bond donors (Lipinski definition) is 0. The summed E-state index contributed by atoms with van der Waals surface area (Å²) < 4.78 is 0. The Morgan fingerprint density at radius 1 is 1.08 bits per heavy atom. The Morgan fingerprint density at radius 3 is 2.38 bits per heavy atom. The van der Waals surface area contributed by atoms with E-state index in [0.717, 1.165) is 6.42 Å². The van der Waals surface area contributed by atoms with Crippen LogP contribution >= 0.6 is 0 Å². The van der Waals surface area contributed by atoms with Crippen LogP contribution in [0.5, 0.6) is 0 Å². The molecule has 0 spiro atoms. The summed E-state index contributed by atoms with van der Waals surface area (Å²) in [6, 6.07) is 8.49. The van der Waals surface area contributed by atoms with Gasteiger partial charge in [0.05, 0.1) is 0 Å². The molecule has 13 heavy (non-hydrogen) atoms. The summed E-state index contributed by atoms with van der Waals surface area (Å²) in [5.74, 6) is 0. The summed E-state index contributed by atoms with van der Waals surface area (Å²) in [5.41, 5.74) is 2.84. The normalized spacial score (nSPS) is 12.5. The zero-order valence-corrected chi connectivity index (χ0v) is 8.33. The van der Waals surface area contributed by atoms with Gasteiger partial charge in [0.15, 0.2) is 0 Å². The molecule has 0 fully saturated rings. The van der Waals surface area contributed by atoms with Crippen LogP contribution in [0.2, 0.25) is 0 Å². The molecular weight excluding hydrogens is 156 g/mol. The van der Waals surface area contributed by atoms with Crippen molar-refractivity contribution >= 4 is 6.08 Å². The Kier molecular flexibility index (Phi) is 4.04. The average Bonchev–Trinajstić information content (AvgIpc) is 2.66. The molecule has 0 heterocycles. The van der Waals surface area contributed by atoms with Crippen molar-refractivity contribution in [3.63, 3.8) is 0 Å². The molecule has 1 aromatic rings. The highest BCUT2D eigenvalue weighted by atomic mass is 14.0. The number of rotatable bonds is 0. The quantitative estimate of drug-likeness (QED) is 0.522. The maximum absolute atomic E-state index is 2.20. The molecule has 1 aliphatic rings. The summed E-state index contributed by atoms with van der Waals surface area (Å²) in [6.07, 6.45) is 9.50. The monoisotopic (exact) mass is 172 g/mol. The smallest absolute Gasteiger partial charge is 0.00882 e. The SMILES string of the molecule is C1=Cc2ccccc2C1.CC=CC. The third kappa shape index (κ3) is 2.90. The zero-order valence-electron chi connectivity index (χ0n) is 8.33. The first kappa shape index (κ1) is 9.79. The molecule has 0 radical (unpaired) electrons. The lowest BCUT2D eigenvalue weighted by molar-refractivity contribution is 1.31. The molecule has 0 heteroatoms. The minimum Gasteiger partial charge on any atom is -0.0919 e. The van der Waals surface area contributed by atoms with E-state index in [1.54, 1.807) is 0 Å². The molecule has 0 N–H and O–H groups in total. The summed E-state index contributed by atoms with van der Waals surface area (Å²) in [6.45, 7) is 4.00. The van der Waals surface area contributed by atoms with Crippen LogP contribution in [0.1, 0.15) is 25.0 Å². The van der Waals surface area contributed by atoms with Gasteiger partial charge in [0.25, 0.3) is 0 Å². The van der Waals surface area contributed by atoms with E-state index in [2.05, 4.69) is 36.4 Å². The first-order valence-corrected chi connectivity index (χ1v) is 4.70. The Labute approximate surface area is 80.6 Å². The molecule has 0 bridgehead atoms. The molecule has 0 atom stereocenters. The van der Waals surface area contributed by atoms with E-state index in [1.165, 1.54) is 11.1 Å². The van der Waals surface area contributed by atoms with Crippen molar-refractivity contribution in [2.75, 3.05) is 0 Å². The molecule has 0 nitrogen and oxygen atoms in total. The van der Waals surface area contributed by atoms with Gasteiger partial charge < -0.3 is 0 Å². The largest absolute Gasteiger partial charge is 0.0919 e. The van der Waals surface area contributed by atoms with E-state index in [1.807, 2.05) is 26.0 Å². The van der Waals surface area contributed by atoms with Gasteiger partial charge in [-0.1, -0.05) is 48.6 Å². The average molecular weight is 172 g/mol. The molecule has 0 saturated carbocycles. The van der Waals surface area contributed by atoms with E-state index < -0.39 is 0 Å². The first-order valence-electron chi connectivity index (χ1n) is 4.70. The van der Waals surface area contributed by atoms with Crippen molar-refractivity contribution in [3.8, 4) is 0 Å². The van der Waals surface area contributed by atoms with Gasteiger partial charge in [-0.05, 0) is 31.4 Å². The Balaban J connectivity index is 0.000000184. The number of benzene rings is 1. The van der Waals surface area contributed by atoms with E-state index in [-0.39, 0.29) is 0 Å². The molecule has 0 saturated heterocycles. The highest BCUT2D eigenvalue weighted by Gasteiger charge is 2.00. The second kappa shape index (κ2) is 5.36. The number of fused-ring (bicyclic) bond motifs is 1. The van der Waals surface area contributed by atoms with Gasteiger partial charge in [0.1, 0.15) is 0 Å². The molecule has 1 aliphatic carbocycles. The van der Waals surface area contributed by atoms with E-state index in [0.29, 0.717) is 0 Å². The van der Waals surface area contributed by atoms with Crippen LogP contribution in [0.25, 0.3) is 6.08 Å². The third-order valence-electron chi connectivity index (χ3n) is 2.02. The number of allylic oxidation sites excluding steroid dienone is 3. The van der Waals surface area contributed by atoms with Crippen LogP contribution in [0.15, 0.2) is 42.5 Å². The van der Waals surface area contributed by atoms with Crippen LogP contribution in [0.3, 0.4) is 0 Å². The summed E-state index contributed by atoms with van der Waals surface area (Å²) >= 11 is 0. The maximum Gasteiger partial charge on any atom is -0.00882 e. The molecule has 2 rings (SSSR count). The Hall–Kier alpha value is -1.30. The van der Waals surface area contributed by atoms with Crippen LogP contribution in [-0.2, 0) is 6.42 Å². The molecule has 0 aromatic heterocycles. The highest BCUT2D eigenvalue weighted by Crippen LogP contribution is 2.17. The Morgan fingerprint density at radius 2 is 1.77 bits per heavy atom. The van der Waals surface area contributed by atoms with Crippen molar-refractivity contribution in [2.45, 2.75) is 20.3 Å². The second-order valence-corrected chi connectivity index (χ2v) is 2.97. The summed E-state index contributed by atoms with van der Waals surface area (Å²) in [7, 11) is 0. The van der Waals surface area contributed by atoms with E-state index in [4.69, 9.17) is 0 Å². The van der Waals surface area contributed by atoms with Gasteiger partial charge in [-0.25, -0.2) is 0 Å². The summed E-state index contributed by atoms with van der Waals surface area (Å²) in [4.78, 5) is 0. The zero-order chi connectivity index (χ0) is 9.52. The minimum atomic E-state index is 1.12. The van der Waals surface area contributed by atoms with Gasteiger partial charge in [-0.3, -0.25) is 0 Å². The van der Waals surface area contributed by atoms with Crippen LogP contribution < -0.4 is 0 Å². The van der Waals surface area contributed by atoms with Crippen molar-refractivity contribution in [3.05, 3.63) is 53.6 Å². The van der Waals surface area contributed by atoms with Gasteiger partial charge in [-0.15, -0.1) is 0 Å². The maximum atomic E-state index is 2.20. The van der Waals surface area contributed by atoms with Crippen molar-refractivity contribution < 1.29 is 0 Å². The lowest BCUT2D eigenvalue weighted by atomic mass is 10.1. The highest BCUT2D eigenvalue weighted by molar-refractivity contribution is 5.59. The van der Waals surface area contributed by atoms with E-state index >= 15 is 0 Å². The van der Waals surface area contributed by atoms with E-state index in [9.17, 15) is 0 Å². The van der Waals surface area contributed by atoms with Gasteiger partial charge in [-0.2, -0.15) is 0 Å². The summed E-state index contributed by atoms with van der Waals surface area (Å²) in [5, 5.41) is 0. The second-order valence-electron chi connectivity index (χ2n) is 2.97. The van der Waals surface area contributed by atoms with Gasteiger partial charge in [0.2, 0.25) is 0 Å². The predicted molar refractivity (Wildman–Crippen MR) is 59.7 cm³/mol. The molecule has 0 amide bonds. The van der Waals surface area contributed by atoms with Crippen LogP contribution in [0, 0.1) is 0 Å². The van der Waals surface area contributed by atoms with Crippen LogP contribution in [-0.4, -0.2) is 0 Å².